The summed E-state index contributed by atoms with van der Waals surface area (Å²) in [6.07, 6.45) is 0. The fourth-order valence-corrected chi connectivity index (χ4v) is 7.43. The van der Waals surface area contributed by atoms with E-state index in [2.05, 4.69) is 95.2 Å². The van der Waals surface area contributed by atoms with Gasteiger partial charge in [-0.05, 0) is 5.56 Å². The molecule has 0 spiro atoms. The Morgan fingerprint density at radius 2 is 0.955 bits per heavy atom. The zero-order valence-electron chi connectivity index (χ0n) is 12.7. The van der Waals surface area contributed by atoms with Crippen molar-refractivity contribution in [1.82, 2.24) is 4.23 Å². The van der Waals surface area contributed by atoms with Crippen molar-refractivity contribution in [3.63, 3.8) is 0 Å². The Kier molecular flexibility index (Phi) is 5.37. The Hall–Kier alpha value is -1.95. The van der Waals surface area contributed by atoms with Crippen molar-refractivity contribution in [3.8, 4) is 0 Å². The molecule has 0 bridgehead atoms. The second-order valence-corrected chi connectivity index (χ2v) is 10.6. The molecule has 3 heteroatoms. The minimum Gasteiger partial charge on any atom is -0.344 e. The maximum atomic E-state index is 2.76. The van der Waals surface area contributed by atoms with Gasteiger partial charge in [-0.25, -0.2) is 0 Å². The zero-order chi connectivity index (χ0) is 15.0. The summed E-state index contributed by atoms with van der Waals surface area (Å²) in [4.78, 5) is 0. The maximum Gasteiger partial charge on any atom is 0.120 e. The van der Waals surface area contributed by atoms with E-state index in [1.54, 1.807) is 0 Å². The van der Waals surface area contributed by atoms with Gasteiger partial charge in [0.15, 0.2) is 0 Å². The fraction of sp³-hybridized carbons (Fsp3) is 0.0526. The molecule has 0 saturated carbocycles. The highest BCUT2D eigenvalue weighted by molar-refractivity contribution is 6.66. The first-order valence-corrected chi connectivity index (χ1v) is 10.4. The third-order valence-corrected chi connectivity index (χ3v) is 8.10. The molecule has 3 aromatic rings. The molecule has 0 atom stereocenters. The molecule has 110 valence electrons. The normalized spacial score (nSPS) is 11.9. The van der Waals surface area contributed by atoms with Gasteiger partial charge in [-0.15, -0.1) is 0 Å². The van der Waals surface area contributed by atoms with Gasteiger partial charge in [-0.2, -0.15) is 0 Å². The molecule has 0 fully saturated rings. The molecule has 1 nitrogen and oxygen atoms in total. The third-order valence-electron chi connectivity index (χ3n) is 3.75. The predicted octanol–water partition coefficient (Wildman–Crippen LogP) is 1.31. The molecule has 22 heavy (non-hydrogen) atoms. The van der Waals surface area contributed by atoms with Crippen LogP contribution in [0.5, 0.6) is 0 Å². The SMILES string of the molecule is c1ccc(CN([SiH2]c2ccccc2)[SiH2]c2ccccc2)cc1. The van der Waals surface area contributed by atoms with Crippen LogP contribution in [0, 0.1) is 0 Å². The second-order valence-electron chi connectivity index (χ2n) is 5.60. The van der Waals surface area contributed by atoms with Crippen molar-refractivity contribution in [1.29, 1.82) is 0 Å². The molecule has 0 aliphatic rings. The number of nitrogens with zero attached hydrogens (tertiary/aromatic N) is 1. The standard InChI is InChI=1S/C19H21NSi2/c1-4-10-17(11-5-1)16-20(21-18-12-6-2-7-13-18)22-19-14-8-3-9-15-19/h1-15H,16,21-22H2. The summed E-state index contributed by atoms with van der Waals surface area (Å²) in [5, 5.41) is 3.06. The van der Waals surface area contributed by atoms with Gasteiger partial charge in [-0.1, -0.05) is 101 Å². The summed E-state index contributed by atoms with van der Waals surface area (Å²) in [7, 11) is -0.780. The topological polar surface area (TPSA) is 3.24 Å². The Bertz CT molecular complexity index is 573. The first-order chi connectivity index (χ1) is 10.9. The summed E-state index contributed by atoms with van der Waals surface area (Å²) >= 11 is 0. The molecule has 0 aromatic heterocycles. The first kappa shape index (κ1) is 15.0. The average Bonchev–Trinajstić information content (AvgIpc) is 2.57. The van der Waals surface area contributed by atoms with E-state index in [9.17, 15) is 0 Å². The summed E-state index contributed by atoms with van der Waals surface area (Å²) < 4.78 is 2.76. The number of hydrogen-bond acceptors (Lipinski definition) is 1. The lowest BCUT2D eigenvalue weighted by atomic mass is 10.2. The first-order valence-electron chi connectivity index (χ1n) is 7.74. The molecule has 3 aromatic carbocycles. The maximum absolute atomic E-state index is 2.76. The lowest BCUT2D eigenvalue weighted by Crippen LogP contribution is -2.43. The van der Waals surface area contributed by atoms with E-state index in [1.165, 1.54) is 15.9 Å². The van der Waals surface area contributed by atoms with Crippen molar-refractivity contribution >= 4 is 29.7 Å². The molecule has 0 aliphatic carbocycles. The van der Waals surface area contributed by atoms with Crippen LogP contribution in [0.2, 0.25) is 0 Å². The van der Waals surface area contributed by atoms with Gasteiger partial charge in [0.05, 0.1) is 0 Å². The molecule has 0 amide bonds. The minimum atomic E-state index is -0.390. The monoisotopic (exact) mass is 319 g/mol. The molecular weight excluding hydrogens is 298 g/mol. The summed E-state index contributed by atoms with van der Waals surface area (Å²) in [6, 6.07) is 32.8. The minimum absolute atomic E-state index is 0.390. The Labute approximate surface area is 137 Å². The highest BCUT2D eigenvalue weighted by Crippen LogP contribution is 2.02. The zero-order valence-corrected chi connectivity index (χ0v) is 15.6. The van der Waals surface area contributed by atoms with Gasteiger partial charge in [0.25, 0.3) is 0 Å². The van der Waals surface area contributed by atoms with Crippen LogP contribution >= 0.6 is 0 Å². The molecule has 0 aliphatic heterocycles. The lowest BCUT2D eigenvalue weighted by molar-refractivity contribution is 0.682. The van der Waals surface area contributed by atoms with E-state index in [4.69, 9.17) is 0 Å². The molecule has 0 unspecified atom stereocenters. The van der Waals surface area contributed by atoms with Gasteiger partial charge in [-0.3, -0.25) is 0 Å². The number of rotatable bonds is 6. The Morgan fingerprint density at radius 3 is 1.41 bits per heavy atom. The van der Waals surface area contributed by atoms with E-state index < -0.39 is 0 Å². The van der Waals surface area contributed by atoms with E-state index in [0.29, 0.717) is 0 Å². The van der Waals surface area contributed by atoms with Gasteiger partial charge >= 0.3 is 0 Å². The van der Waals surface area contributed by atoms with Crippen LogP contribution in [0.4, 0.5) is 0 Å². The van der Waals surface area contributed by atoms with Gasteiger partial charge < -0.3 is 4.23 Å². The largest absolute Gasteiger partial charge is 0.344 e. The molecule has 0 N–H and O–H groups in total. The van der Waals surface area contributed by atoms with Crippen molar-refractivity contribution < 1.29 is 0 Å². The van der Waals surface area contributed by atoms with Crippen molar-refractivity contribution in [2.75, 3.05) is 0 Å². The fourth-order valence-electron chi connectivity index (χ4n) is 2.69. The van der Waals surface area contributed by atoms with E-state index >= 15 is 0 Å². The van der Waals surface area contributed by atoms with Crippen molar-refractivity contribution in [2.45, 2.75) is 6.54 Å². The van der Waals surface area contributed by atoms with Crippen LogP contribution in [-0.2, 0) is 6.54 Å². The van der Waals surface area contributed by atoms with Gasteiger partial charge in [0.2, 0.25) is 0 Å². The number of benzene rings is 3. The molecule has 0 heterocycles. The van der Waals surface area contributed by atoms with Crippen LogP contribution in [0.25, 0.3) is 0 Å². The molecule has 0 radical (unpaired) electrons. The van der Waals surface area contributed by atoms with Crippen LogP contribution < -0.4 is 10.4 Å². The lowest BCUT2D eigenvalue weighted by Gasteiger charge is -2.22. The molecular formula is C19H21NSi2. The summed E-state index contributed by atoms with van der Waals surface area (Å²) in [5.74, 6) is 0. The number of hydrogen-bond donors (Lipinski definition) is 0. The second kappa shape index (κ2) is 7.89. The third kappa shape index (κ3) is 4.53. The Balaban J connectivity index is 1.75. The van der Waals surface area contributed by atoms with E-state index in [0.717, 1.165) is 6.54 Å². The van der Waals surface area contributed by atoms with Crippen LogP contribution in [0.1, 0.15) is 5.56 Å². The van der Waals surface area contributed by atoms with Crippen LogP contribution in [-0.4, -0.2) is 23.6 Å². The van der Waals surface area contributed by atoms with E-state index in [-0.39, 0.29) is 19.4 Å². The smallest absolute Gasteiger partial charge is 0.120 e. The van der Waals surface area contributed by atoms with E-state index in [1.807, 2.05) is 0 Å². The van der Waals surface area contributed by atoms with Crippen molar-refractivity contribution in [2.24, 2.45) is 0 Å². The molecule has 3 rings (SSSR count). The summed E-state index contributed by atoms with van der Waals surface area (Å²) in [6.45, 7) is 1.09. The van der Waals surface area contributed by atoms with Crippen LogP contribution in [0.15, 0.2) is 91.0 Å². The summed E-state index contributed by atoms with van der Waals surface area (Å²) in [5.41, 5.74) is 1.43. The van der Waals surface area contributed by atoms with Gasteiger partial charge in [0.1, 0.15) is 19.4 Å². The average molecular weight is 320 g/mol. The molecule has 0 saturated heterocycles. The quantitative estimate of drug-likeness (QED) is 0.619. The van der Waals surface area contributed by atoms with Crippen molar-refractivity contribution in [3.05, 3.63) is 96.6 Å². The highest BCUT2D eigenvalue weighted by atomic mass is 28.3. The predicted molar refractivity (Wildman–Crippen MR) is 101 cm³/mol. The Morgan fingerprint density at radius 1 is 0.545 bits per heavy atom. The highest BCUT2D eigenvalue weighted by Gasteiger charge is 2.09. The van der Waals surface area contributed by atoms with Gasteiger partial charge in [0, 0.05) is 6.54 Å². The van der Waals surface area contributed by atoms with Crippen LogP contribution in [0.3, 0.4) is 0 Å².